The van der Waals surface area contributed by atoms with Crippen LogP contribution in [0.25, 0.3) is 11.3 Å². The minimum Gasteiger partial charge on any atom is -0.477 e. The number of carboxylic acid groups (broad SMARTS) is 1. The summed E-state index contributed by atoms with van der Waals surface area (Å²) < 4.78 is 0. The Bertz CT molecular complexity index is 847. The quantitative estimate of drug-likeness (QED) is 0.740. The molecule has 24 heavy (non-hydrogen) atoms. The van der Waals surface area contributed by atoms with Crippen molar-refractivity contribution in [2.24, 2.45) is 0 Å². The molecule has 2 unspecified atom stereocenters. The van der Waals surface area contributed by atoms with Gasteiger partial charge in [0.1, 0.15) is 5.56 Å². The fraction of sp³-hybridized carbons (Fsp3) is 0.333. The number of piperazine rings is 1. The standard InChI is InChI=1S/C18H19N3O3/c1-2-10-7-13(18(23)24)17(22)20-16(10)11-3-5-12(6-4-11)21-8-14-15(9-21)19-14/h3-7,14-15,19H,2,8-9H2,1H3,(H,20,22)(H,23,24). The summed E-state index contributed by atoms with van der Waals surface area (Å²) >= 11 is 0. The van der Waals surface area contributed by atoms with Crippen molar-refractivity contribution in [1.29, 1.82) is 0 Å². The molecule has 124 valence electrons. The van der Waals surface area contributed by atoms with Crippen LogP contribution in [-0.2, 0) is 6.42 Å². The summed E-state index contributed by atoms with van der Waals surface area (Å²) in [6, 6.07) is 10.8. The van der Waals surface area contributed by atoms with Crippen LogP contribution in [0, 0.1) is 0 Å². The van der Waals surface area contributed by atoms with Crippen molar-refractivity contribution in [3.8, 4) is 11.3 Å². The van der Waals surface area contributed by atoms with Crippen molar-refractivity contribution >= 4 is 11.7 Å². The van der Waals surface area contributed by atoms with Gasteiger partial charge in [-0.2, -0.15) is 0 Å². The fourth-order valence-electron chi connectivity index (χ4n) is 3.45. The van der Waals surface area contributed by atoms with Gasteiger partial charge in [-0.3, -0.25) is 4.79 Å². The summed E-state index contributed by atoms with van der Waals surface area (Å²) in [6.07, 6.45) is 0.648. The van der Waals surface area contributed by atoms with Crippen LogP contribution < -0.4 is 15.8 Å². The zero-order valence-corrected chi connectivity index (χ0v) is 13.4. The average molecular weight is 325 g/mol. The zero-order chi connectivity index (χ0) is 16.8. The van der Waals surface area contributed by atoms with Crippen molar-refractivity contribution < 1.29 is 9.90 Å². The SMILES string of the molecule is CCc1cc(C(=O)O)c(=O)[nH]c1-c1ccc(N2CC3NC3C2)cc1. The fourth-order valence-corrected chi connectivity index (χ4v) is 3.45. The predicted octanol–water partition coefficient (Wildman–Crippen LogP) is 1.46. The molecule has 2 atom stereocenters. The number of fused-ring (bicyclic) bond motifs is 1. The normalized spacial score (nSPS) is 21.6. The van der Waals surface area contributed by atoms with Crippen LogP contribution in [-0.4, -0.2) is 41.2 Å². The maximum absolute atomic E-state index is 12.0. The molecular formula is C18H19N3O3. The number of hydrogen-bond donors (Lipinski definition) is 3. The molecule has 1 aromatic carbocycles. The van der Waals surface area contributed by atoms with E-state index in [9.17, 15) is 9.59 Å². The first-order chi connectivity index (χ1) is 11.6. The molecule has 4 rings (SSSR count). The highest BCUT2D eigenvalue weighted by Crippen LogP contribution is 2.29. The number of nitrogens with zero attached hydrogens (tertiary/aromatic N) is 1. The number of aromatic amines is 1. The van der Waals surface area contributed by atoms with Crippen molar-refractivity contribution in [3.05, 3.63) is 51.8 Å². The molecule has 0 saturated carbocycles. The van der Waals surface area contributed by atoms with Crippen LogP contribution >= 0.6 is 0 Å². The van der Waals surface area contributed by atoms with E-state index in [1.807, 2.05) is 19.1 Å². The second-order valence-corrected chi connectivity index (χ2v) is 6.40. The molecular weight excluding hydrogens is 306 g/mol. The average Bonchev–Trinajstić information content (AvgIpc) is 3.20. The highest BCUT2D eigenvalue weighted by atomic mass is 16.4. The van der Waals surface area contributed by atoms with E-state index >= 15 is 0 Å². The van der Waals surface area contributed by atoms with Gasteiger partial charge in [-0.05, 0) is 35.7 Å². The second kappa shape index (κ2) is 5.49. The van der Waals surface area contributed by atoms with E-state index in [1.165, 1.54) is 11.8 Å². The van der Waals surface area contributed by atoms with Crippen LogP contribution in [0.2, 0.25) is 0 Å². The van der Waals surface area contributed by atoms with Gasteiger partial charge in [0.25, 0.3) is 5.56 Å². The Kier molecular flexibility index (Phi) is 3.42. The Hall–Kier alpha value is -2.60. The molecule has 2 aromatic rings. The first kappa shape index (κ1) is 15.0. The number of aryl methyl sites for hydroxylation is 1. The van der Waals surface area contributed by atoms with E-state index in [1.54, 1.807) is 0 Å². The van der Waals surface area contributed by atoms with Gasteiger partial charge in [-0.25, -0.2) is 4.79 Å². The largest absolute Gasteiger partial charge is 0.477 e. The van der Waals surface area contributed by atoms with Gasteiger partial charge in [0, 0.05) is 30.9 Å². The van der Waals surface area contributed by atoms with Crippen LogP contribution in [0.5, 0.6) is 0 Å². The van der Waals surface area contributed by atoms with E-state index in [0.717, 1.165) is 24.2 Å². The lowest BCUT2D eigenvalue weighted by Crippen LogP contribution is -2.26. The molecule has 0 spiro atoms. The number of rotatable bonds is 4. The first-order valence-corrected chi connectivity index (χ1v) is 8.17. The third-order valence-corrected chi connectivity index (χ3v) is 4.89. The molecule has 2 aliphatic rings. The Balaban J connectivity index is 1.66. The number of aromatic nitrogens is 1. The minimum absolute atomic E-state index is 0.212. The maximum Gasteiger partial charge on any atom is 0.341 e. The molecule has 0 bridgehead atoms. The number of pyridine rings is 1. The van der Waals surface area contributed by atoms with Gasteiger partial charge in [0.15, 0.2) is 0 Å². The van der Waals surface area contributed by atoms with E-state index in [0.29, 0.717) is 24.2 Å². The summed E-state index contributed by atoms with van der Waals surface area (Å²) in [5.41, 5.74) is 2.82. The number of benzene rings is 1. The maximum atomic E-state index is 12.0. The van der Waals surface area contributed by atoms with Crippen LogP contribution in [0.4, 0.5) is 5.69 Å². The molecule has 0 aliphatic carbocycles. The molecule has 2 saturated heterocycles. The Morgan fingerprint density at radius 1 is 1.25 bits per heavy atom. The lowest BCUT2D eigenvalue weighted by molar-refractivity contribution is 0.0695. The third-order valence-electron chi connectivity index (χ3n) is 4.89. The molecule has 0 amide bonds. The van der Waals surface area contributed by atoms with Gasteiger partial charge in [-0.1, -0.05) is 19.1 Å². The zero-order valence-electron chi connectivity index (χ0n) is 13.4. The highest BCUT2D eigenvalue weighted by Gasteiger charge is 2.44. The smallest absolute Gasteiger partial charge is 0.341 e. The summed E-state index contributed by atoms with van der Waals surface area (Å²) in [5, 5.41) is 12.5. The summed E-state index contributed by atoms with van der Waals surface area (Å²) in [5.74, 6) is -1.20. The molecule has 3 heterocycles. The molecule has 1 aromatic heterocycles. The summed E-state index contributed by atoms with van der Waals surface area (Å²) in [7, 11) is 0. The second-order valence-electron chi connectivity index (χ2n) is 6.40. The number of nitrogens with one attached hydrogen (secondary N) is 2. The van der Waals surface area contributed by atoms with E-state index in [2.05, 4.69) is 27.3 Å². The molecule has 0 radical (unpaired) electrons. The number of H-pyrrole nitrogens is 1. The van der Waals surface area contributed by atoms with Gasteiger partial charge in [-0.15, -0.1) is 0 Å². The molecule has 2 fully saturated rings. The summed E-state index contributed by atoms with van der Waals surface area (Å²) in [6.45, 7) is 4.02. The monoisotopic (exact) mass is 325 g/mol. The van der Waals surface area contributed by atoms with Crippen LogP contribution in [0.15, 0.2) is 35.1 Å². The number of hydrogen-bond acceptors (Lipinski definition) is 4. The van der Waals surface area contributed by atoms with Gasteiger partial charge >= 0.3 is 5.97 Å². The van der Waals surface area contributed by atoms with E-state index < -0.39 is 11.5 Å². The van der Waals surface area contributed by atoms with E-state index in [4.69, 9.17) is 5.11 Å². The van der Waals surface area contributed by atoms with Crippen molar-refractivity contribution in [2.45, 2.75) is 25.4 Å². The Morgan fingerprint density at radius 2 is 1.92 bits per heavy atom. The molecule has 6 heteroatoms. The van der Waals surface area contributed by atoms with E-state index in [-0.39, 0.29) is 5.56 Å². The van der Waals surface area contributed by atoms with Crippen LogP contribution in [0.3, 0.4) is 0 Å². The number of carboxylic acids is 1. The predicted molar refractivity (Wildman–Crippen MR) is 91.8 cm³/mol. The Morgan fingerprint density at radius 3 is 2.50 bits per heavy atom. The van der Waals surface area contributed by atoms with Crippen LogP contribution in [0.1, 0.15) is 22.8 Å². The molecule has 2 aliphatic heterocycles. The van der Waals surface area contributed by atoms with Crippen molar-refractivity contribution in [3.63, 3.8) is 0 Å². The van der Waals surface area contributed by atoms with Gasteiger partial charge in [0.2, 0.25) is 0 Å². The molecule has 3 N–H and O–H groups in total. The van der Waals surface area contributed by atoms with Gasteiger partial charge in [0.05, 0.1) is 5.69 Å². The van der Waals surface area contributed by atoms with Crippen molar-refractivity contribution in [1.82, 2.24) is 10.3 Å². The highest BCUT2D eigenvalue weighted by molar-refractivity contribution is 5.88. The van der Waals surface area contributed by atoms with Gasteiger partial charge < -0.3 is 20.3 Å². The number of carbonyl (C=O) groups is 1. The lowest BCUT2D eigenvalue weighted by Gasteiger charge is -2.20. The van der Waals surface area contributed by atoms with Crippen molar-refractivity contribution in [2.75, 3.05) is 18.0 Å². The molecule has 6 nitrogen and oxygen atoms in total. The topological polar surface area (TPSA) is 95.3 Å². The summed E-state index contributed by atoms with van der Waals surface area (Å²) in [4.78, 5) is 28.2. The third kappa shape index (κ3) is 2.49. The Labute approximate surface area is 139 Å². The minimum atomic E-state index is -1.20. The number of aromatic carboxylic acids is 1. The lowest BCUT2D eigenvalue weighted by atomic mass is 10.0. The first-order valence-electron chi connectivity index (χ1n) is 8.17. The number of anilines is 1.